The molecule has 0 unspecified atom stereocenters. The van der Waals surface area contributed by atoms with E-state index >= 15 is 0 Å². The summed E-state index contributed by atoms with van der Waals surface area (Å²) in [7, 11) is 1.20. The predicted molar refractivity (Wildman–Crippen MR) is 76.8 cm³/mol. The molecule has 0 aliphatic carbocycles. The third-order valence-electron chi connectivity index (χ3n) is 3.23. The highest BCUT2D eigenvalue weighted by Gasteiger charge is 2.37. The van der Waals surface area contributed by atoms with Crippen molar-refractivity contribution in [3.63, 3.8) is 0 Å². The van der Waals surface area contributed by atoms with E-state index in [1.807, 2.05) is 6.07 Å². The molecule has 0 saturated carbocycles. The highest BCUT2D eigenvalue weighted by atomic mass is 35.5. The minimum Gasteiger partial charge on any atom is -0.466 e. The number of carbonyl (C=O) groups is 1. The maximum atomic E-state index is 13.1. The molecule has 114 valence electrons. The summed E-state index contributed by atoms with van der Waals surface area (Å²) in [5.74, 6) is -2.10. The Morgan fingerprint density at radius 1 is 1.50 bits per heavy atom. The molecule has 0 spiro atoms. The number of rotatable bonds is 3. The van der Waals surface area contributed by atoms with Crippen LogP contribution < -0.4 is 5.73 Å². The maximum Gasteiger partial charge on any atom is 0.338 e. The largest absolute Gasteiger partial charge is 0.466 e. The van der Waals surface area contributed by atoms with Crippen LogP contribution in [0.2, 0.25) is 0 Å². The smallest absolute Gasteiger partial charge is 0.338 e. The molecule has 2 rings (SSSR count). The SMILES string of the molecule is COC(=O)C1=C(CCl)OC(N)=C(C#N)[C@@H]1c1ccc(F)cc1. The number of halogens is 2. The topological polar surface area (TPSA) is 85.3 Å². The lowest BCUT2D eigenvalue weighted by molar-refractivity contribution is -0.136. The predicted octanol–water partition coefficient (Wildman–Crippen LogP) is 2.30. The molecular formula is C15H12ClFN2O3. The average molecular weight is 323 g/mol. The van der Waals surface area contributed by atoms with E-state index in [1.54, 1.807) is 0 Å². The van der Waals surface area contributed by atoms with Gasteiger partial charge in [0.05, 0.1) is 24.5 Å². The van der Waals surface area contributed by atoms with E-state index in [0.29, 0.717) is 5.56 Å². The van der Waals surface area contributed by atoms with Crippen LogP contribution in [0.4, 0.5) is 4.39 Å². The van der Waals surface area contributed by atoms with E-state index in [4.69, 9.17) is 26.8 Å². The zero-order valence-electron chi connectivity index (χ0n) is 11.6. The second-order valence-corrected chi connectivity index (χ2v) is 4.71. The van der Waals surface area contributed by atoms with Crippen LogP contribution in [0, 0.1) is 17.1 Å². The van der Waals surface area contributed by atoms with Gasteiger partial charge >= 0.3 is 5.97 Å². The van der Waals surface area contributed by atoms with E-state index in [1.165, 1.54) is 31.4 Å². The average Bonchev–Trinajstić information content (AvgIpc) is 2.53. The summed E-state index contributed by atoms with van der Waals surface area (Å²) in [5.41, 5.74) is 6.36. The number of benzene rings is 1. The minimum atomic E-state index is -0.819. The van der Waals surface area contributed by atoms with Crippen LogP contribution in [0.1, 0.15) is 11.5 Å². The monoisotopic (exact) mass is 322 g/mol. The summed E-state index contributed by atoms with van der Waals surface area (Å²) in [6.07, 6.45) is 0. The molecule has 0 amide bonds. The number of hydrogen-bond acceptors (Lipinski definition) is 5. The molecule has 1 heterocycles. The number of carbonyl (C=O) groups excluding carboxylic acids is 1. The van der Waals surface area contributed by atoms with E-state index in [0.717, 1.165) is 0 Å². The molecule has 2 N–H and O–H groups in total. The summed E-state index contributed by atoms with van der Waals surface area (Å²) in [4.78, 5) is 12.1. The molecule has 0 saturated heterocycles. The molecule has 7 heteroatoms. The van der Waals surface area contributed by atoms with Gasteiger partial charge < -0.3 is 15.2 Å². The van der Waals surface area contributed by atoms with Gasteiger partial charge in [0.1, 0.15) is 23.2 Å². The Morgan fingerprint density at radius 3 is 2.64 bits per heavy atom. The number of nitrogens with two attached hydrogens (primary N) is 1. The second kappa shape index (κ2) is 6.50. The van der Waals surface area contributed by atoms with Crippen molar-refractivity contribution >= 4 is 17.6 Å². The number of alkyl halides is 1. The van der Waals surface area contributed by atoms with Crippen molar-refractivity contribution in [2.75, 3.05) is 13.0 Å². The van der Waals surface area contributed by atoms with Gasteiger partial charge in [-0.3, -0.25) is 0 Å². The normalized spacial score (nSPS) is 17.8. The molecule has 0 aromatic heterocycles. The number of ether oxygens (including phenoxy) is 2. The first-order chi connectivity index (χ1) is 10.5. The molecule has 0 fully saturated rings. The van der Waals surface area contributed by atoms with E-state index in [2.05, 4.69) is 0 Å². The van der Waals surface area contributed by atoms with Gasteiger partial charge in [0, 0.05) is 0 Å². The number of esters is 1. The third kappa shape index (κ3) is 2.76. The third-order valence-corrected chi connectivity index (χ3v) is 3.47. The van der Waals surface area contributed by atoms with Crippen LogP contribution in [0.15, 0.2) is 47.1 Å². The highest BCUT2D eigenvalue weighted by Crippen LogP contribution is 2.39. The Labute approximate surface area is 131 Å². The first-order valence-electron chi connectivity index (χ1n) is 6.23. The van der Waals surface area contributed by atoms with Crippen LogP contribution in [0.5, 0.6) is 0 Å². The van der Waals surface area contributed by atoms with Crippen LogP contribution in [0.25, 0.3) is 0 Å². The lowest BCUT2D eigenvalue weighted by Gasteiger charge is -2.27. The summed E-state index contributed by atoms with van der Waals surface area (Å²) in [5, 5.41) is 9.33. The molecule has 1 aliphatic heterocycles. The number of nitrogens with zero attached hydrogens (tertiary/aromatic N) is 1. The van der Waals surface area contributed by atoms with Gasteiger partial charge in [0.25, 0.3) is 0 Å². The maximum absolute atomic E-state index is 13.1. The van der Waals surface area contributed by atoms with Crippen LogP contribution >= 0.6 is 11.6 Å². The molecule has 22 heavy (non-hydrogen) atoms. The quantitative estimate of drug-likeness (QED) is 0.681. The van der Waals surface area contributed by atoms with Gasteiger partial charge in [-0.1, -0.05) is 12.1 Å². The molecule has 0 radical (unpaired) electrons. The van der Waals surface area contributed by atoms with E-state index in [-0.39, 0.29) is 28.7 Å². The van der Waals surface area contributed by atoms with Gasteiger partial charge in [0.15, 0.2) is 0 Å². The number of allylic oxidation sites excluding steroid dienone is 2. The molecule has 1 aromatic carbocycles. The zero-order valence-corrected chi connectivity index (χ0v) is 12.4. The van der Waals surface area contributed by atoms with Crippen molar-refractivity contribution in [2.45, 2.75) is 5.92 Å². The van der Waals surface area contributed by atoms with Crippen molar-refractivity contribution in [2.24, 2.45) is 5.73 Å². The molecule has 5 nitrogen and oxygen atoms in total. The Kier molecular flexibility index (Phi) is 4.68. The highest BCUT2D eigenvalue weighted by molar-refractivity contribution is 6.19. The lowest BCUT2D eigenvalue weighted by atomic mass is 9.83. The molecule has 1 atom stereocenters. The summed E-state index contributed by atoms with van der Waals surface area (Å²) in [6.45, 7) is 0. The minimum absolute atomic E-state index is 0.0425. The van der Waals surface area contributed by atoms with Crippen molar-refractivity contribution < 1.29 is 18.7 Å². The Hall–Kier alpha value is -2.52. The van der Waals surface area contributed by atoms with E-state index < -0.39 is 17.7 Å². The zero-order chi connectivity index (χ0) is 16.3. The van der Waals surface area contributed by atoms with Crippen LogP contribution in [-0.2, 0) is 14.3 Å². The summed E-state index contributed by atoms with van der Waals surface area (Å²) >= 11 is 5.80. The summed E-state index contributed by atoms with van der Waals surface area (Å²) in [6, 6.07) is 7.30. The Balaban J connectivity index is 2.66. The fourth-order valence-corrected chi connectivity index (χ4v) is 2.44. The first kappa shape index (κ1) is 15.9. The van der Waals surface area contributed by atoms with Crippen molar-refractivity contribution in [1.82, 2.24) is 0 Å². The summed E-state index contributed by atoms with van der Waals surface area (Å²) < 4.78 is 23.1. The Morgan fingerprint density at radius 2 is 2.14 bits per heavy atom. The van der Waals surface area contributed by atoms with Crippen LogP contribution in [-0.4, -0.2) is 19.0 Å². The number of nitriles is 1. The number of hydrogen-bond donors (Lipinski definition) is 1. The van der Waals surface area contributed by atoms with Gasteiger partial charge in [-0.05, 0) is 17.7 Å². The van der Waals surface area contributed by atoms with Crippen molar-refractivity contribution in [3.8, 4) is 6.07 Å². The van der Waals surface area contributed by atoms with Gasteiger partial charge in [0.2, 0.25) is 5.88 Å². The lowest BCUT2D eigenvalue weighted by Crippen LogP contribution is -2.26. The molecular weight excluding hydrogens is 311 g/mol. The van der Waals surface area contributed by atoms with Crippen molar-refractivity contribution in [1.29, 1.82) is 5.26 Å². The molecule has 0 bridgehead atoms. The first-order valence-corrected chi connectivity index (χ1v) is 6.77. The molecule has 1 aromatic rings. The molecule has 1 aliphatic rings. The van der Waals surface area contributed by atoms with Gasteiger partial charge in [-0.25, -0.2) is 9.18 Å². The fourth-order valence-electron chi connectivity index (χ4n) is 2.24. The van der Waals surface area contributed by atoms with Crippen molar-refractivity contribution in [3.05, 3.63) is 58.4 Å². The fraction of sp³-hybridized carbons (Fsp3) is 0.200. The van der Waals surface area contributed by atoms with Crippen LogP contribution in [0.3, 0.4) is 0 Å². The second-order valence-electron chi connectivity index (χ2n) is 4.44. The van der Waals surface area contributed by atoms with Gasteiger partial charge in [-0.2, -0.15) is 5.26 Å². The van der Waals surface area contributed by atoms with E-state index in [9.17, 15) is 14.4 Å². The van der Waals surface area contributed by atoms with Gasteiger partial charge in [-0.15, -0.1) is 11.6 Å². The number of methoxy groups -OCH3 is 1. The standard InChI is InChI=1S/C15H12ClFN2O3/c1-21-15(20)13-11(6-16)22-14(19)10(7-18)12(13)8-2-4-9(17)5-3-8/h2-5,12H,6,19H2,1H3/t12-/m0/s1. The Bertz CT molecular complexity index is 704.